The number of hydrogen-bond acceptors (Lipinski definition) is 4. The van der Waals surface area contributed by atoms with Crippen molar-refractivity contribution in [2.45, 2.75) is 53.5 Å². The standard InChI is InChI=1S/C24H32N2O4/c1-7-30-24(29)23-17(4)22(18(5)25(23)6)20(27)15-26(16(2)3)21(28)14-13-19-11-9-8-10-12-19/h8-12,16H,7,13-15H2,1-6H3. The number of benzene rings is 1. The summed E-state index contributed by atoms with van der Waals surface area (Å²) in [6.45, 7) is 9.37. The number of amides is 1. The zero-order valence-corrected chi connectivity index (χ0v) is 18.8. The molecule has 1 amide bonds. The lowest BCUT2D eigenvalue weighted by atomic mass is 10.0. The van der Waals surface area contributed by atoms with Crippen LogP contribution in [0.3, 0.4) is 0 Å². The number of carbonyl (C=O) groups is 3. The van der Waals surface area contributed by atoms with Crippen molar-refractivity contribution in [3.8, 4) is 0 Å². The van der Waals surface area contributed by atoms with Gasteiger partial charge in [-0.15, -0.1) is 0 Å². The Hall–Kier alpha value is -2.89. The Morgan fingerprint density at radius 2 is 1.73 bits per heavy atom. The van der Waals surface area contributed by atoms with Crippen molar-refractivity contribution >= 4 is 17.7 Å². The third kappa shape index (κ3) is 5.17. The van der Waals surface area contributed by atoms with Crippen LogP contribution in [0.5, 0.6) is 0 Å². The smallest absolute Gasteiger partial charge is 0.355 e. The van der Waals surface area contributed by atoms with Gasteiger partial charge in [0.05, 0.1) is 13.2 Å². The Bertz CT molecular complexity index is 913. The zero-order valence-electron chi connectivity index (χ0n) is 18.8. The summed E-state index contributed by atoms with van der Waals surface area (Å²) in [5, 5.41) is 0. The number of hydrogen-bond donors (Lipinski definition) is 0. The summed E-state index contributed by atoms with van der Waals surface area (Å²) in [6, 6.07) is 9.72. The first-order valence-corrected chi connectivity index (χ1v) is 10.4. The van der Waals surface area contributed by atoms with Crippen molar-refractivity contribution < 1.29 is 19.1 Å². The molecule has 0 unspecified atom stereocenters. The van der Waals surface area contributed by atoms with Gasteiger partial charge in [-0.3, -0.25) is 9.59 Å². The predicted octanol–water partition coefficient (Wildman–Crippen LogP) is 3.87. The van der Waals surface area contributed by atoms with E-state index >= 15 is 0 Å². The highest BCUT2D eigenvalue weighted by molar-refractivity contribution is 6.04. The molecule has 30 heavy (non-hydrogen) atoms. The maximum absolute atomic E-state index is 13.2. The zero-order chi connectivity index (χ0) is 22.4. The van der Waals surface area contributed by atoms with Gasteiger partial charge in [0.15, 0.2) is 5.78 Å². The molecule has 1 heterocycles. The van der Waals surface area contributed by atoms with E-state index in [4.69, 9.17) is 4.74 Å². The molecule has 0 saturated heterocycles. The number of Topliss-reactive ketones (excluding diaryl/α,β-unsaturated/α-hetero) is 1. The molecule has 2 rings (SSSR count). The topological polar surface area (TPSA) is 68.6 Å². The number of rotatable bonds is 9. The van der Waals surface area contributed by atoms with Gasteiger partial charge in [-0.1, -0.05) is 30.3 Å². The van der Waals surface area contributed by atoms with E-state index in [9.17, 15) is 14.4 Å². The normalized spacial score (nSPS) is 10.9. The third-order valence-corrected chi connectivity index (χ3v) is 5.41. The van der Waals surface area contributed by atoms with Gasteiger partial charge in [-0.25, -0.2) is 4.79 Å². The first-order chi connectivity index (χ1) is 14.2. The van der Waals surface area contributed by atoms with E-state index in [1.54, 1.807) is 37.3 Å². The number of aryl methyl sites for hydroxylation is 1. The summed E-state index contributed by atoms with van der Waals surface area (Å²) < 4.78 is 6.83. The summed E-state index contributed by atoms with van der Waals surface area (Å²) in [4.78, 5) is 39.9. The molecule has 0 aliphatic rings. The fraction of sp³-hybridized carbons (Fsp3) is 0.458. The molecule has 0 atom stereocenters. The van der Waals surface area contributed by atoms with Crippen molar-refractivity contribution in [3.05, 3.63) is 58.4 Å². The molecule has 1 aromatic heterocycles. The van der Waals surface area contributed by atoms with Gasteiger partial charge < -0.3 is 14.2 Å². The van der Waals surface area contributed by atoms with Crippen molar-refractivity contribution in [1.82, 2.24) is 9.47 Å². The average Bonchev–Trinajstić information content (AvgIpc) is 2.93. The molecule has 0 spiro atoms. The van der Waals surface area contributed by atoms with Crippen molar-refractivity contribution in [3.63, 3.8) is 0 Å². The summed E-state index contributed by atoms with van der Waals surface area (Å²) in [5.74, 6) is -0.670. The number of aromatic nitrogens is 1. The molecule has 162 valence electrons. The number of nitrogens with zero attached hydrogens (tertiary/aromatic N) is 2. The Morgan fingerprint density at radius 3 is 2.30 bits per heavy atom. The predicted molar refractivity (Wildman–Crippen MR) is 117 cm³/mol. The second-order valence-corrected chi connectivity index (χ2v) is 7.74. The summed E-state index contributed by atoms with van der Waals surface area (Å²) >= 11 is 0. The molecule has 0 N–H and O–H groups in total. The van der Waals surface area contributed by atoms with E-state index in [2.05, 4.69) is 0 Å². The molecule has 0 radical (unpaired) electrons. The minimum Gasteiger partial charge on any atom is -0.461 e. The highest BCUT2D eigenvalue weighted by atomic mass is 16.5. The van der Waals surface area contributed by atoms with Crippen LogP contribution in [0, 0.1) is 13.8 Å². The van der Waals surface area contributed by atoms with Crippen LogP contribution in [0.1, 0.15) is 64.9 Å². The van der Waals surface area contributed by atoms with Gasteiger partial charge in [0.2, 0.25) is 5.91 Å². The first kappa shape index (κ1) is 23.4. The quantitative estimate of drug-likeness (QED) is 0.463. The first-order valence-electron chi connectivity index (χ1n) is 10.4. The highest BCUT2D eigenvalue weighted by Crippen LogP contribution is 2.23. The molecule has 2 aromatic rings. The monoisotopic (exact) mass is 412 g/mol. The van der Waals surface area contributed by atoms with E-state index in [0.717, 1.165) is 5.56 Å². The van der Waals surface area contributed by atoms with E-state index in [1.165, 1.54) is 0 Å². The van der Waals surface area contributed by atoms with Crippen molar-refractivity contribution in [2.24, 2.45) is 7.05 Å². The van der Waals surface area contributed by atoms with Crippen LogP contribution in [0.25, 0.3) is 0 Å². The van der Waals surface area contributed by atoms with Gasteiger partial charge in [0, 0.05) is 30.8 Å². The molecule has 6 nitrogen and oxygen atoms in total. The van der Waals surface area contributed by atoms with Crippen LogP contribution in [0.2, 0.25) is 0 Å². The Labute approximate surface area is 178 Å². The number of esters is 1. The maximum atomic E-state index is 13.2. The second-order valence-electron chi connectivity index (χ2n) is 7.74. The lowest BCUT2D eigenvalue weighted by Gasteiger charge is -2.26. The van der Waals surface area contributed by atoms with Crippen LogP contribution >= 0.6 is 0 Å². The molecule has 6 heteroatoms. The second kappa shape index (κ2) is 10.2. The molecular weight excluding hydrogens is 380 g/mol. The van der Waals surface area contributed by atoms with Crippen LogP contribution in [0.4, 0.5) is 0 Å². The molecule has 0 saturated carbocycles. The van der Waals surface area contributed by atoms with Crippen LogP contribution in [-0.2, 0) is 23.0 Å². The minimum absolute atomic E-state index is 0.0146. The Morgan fingerprint density at radius 1 is 1.10 bits per heavy atom. The third-order valence-electron chi connectivity index (χ3n) is 5.41. The van der Waals surface area contributed by atoms with Crippen LogP contribution < -0.4 is 0 Å². The van der Waals surface area contributed by atoms with E-state index < -0.39 is 5.97 Å². The molecule has 0 fully saturated rings. The minimum atomic E-state index is -0.445. The number of ketones is 1. The molecule has 0 aliphatic carbocycles. The number of carbonyl (C=O) groups excluding carboxylic acids is 3. The SMILES string of the molecule is CCOC(=O)c1c(C)c(C(=O)CN(C(=O)CCc2ccccc2)C(C)C)c(C)n1C. The van der Waals surface area contributed by atoms with Crippen LogP contribution in [0.15, 0.2) is 30.3 Å². The van der Waals surface area contributed by atoms with Crippen molar-refractivity contribution in [2.75, 3.05) is 13.2 Å². The lowest BCUT2D eigenvalue weighted by molar-refractivity contribution is -0.132. The van der Waals surface area contributed by atoms with E-state index in [1.807, 2.05) is 44.2 Å². The summed E-state index contributed by atoms with van der Waals surface area (Å²) in [6.07, 6.45) is 0.976. The fourth-order valence-corrected chi connectivity index (χ4v) is 3.71. The van der Waals surface area contributed by atoms with Gasteiger partial charge >= 0.3 is 5.97 Å². The Kier molecular flexibility index (Phi) is 7.98. The lowest BCUT2D eigenvalue weighted by Crippen LogP contribution is -2.41. The van der Waals surface area contributed by atoms with Gasteiger partial charge in [0.1, 0.15) is 5.69 Å². The summed E-state index contributed by atoms with van der Waals surface area (Å²) in [5.41, 5.74) is 3.25. The van der Waals surface area contributed by atoms with E-state index in [0.29, 0.717) is 35.4 Å². The average molecular weight is 413 g/mol. The molecular formula is C24H32N2O4. The molecule has 0 aliphatic heterocycles. The van der Waals surface area contributed by atoms with Gasteiger partial charge in [-0.2, -0.15) is 0 Å². The largest absolute Gasteiger partial charge is 0.461 e. The fourth-order valence-electron chi connectivity index (χ4n) is 3.71. The van der Waals surface area contributed by atoms with Crippen LogP contribution in [-0.4, -0.2) is 46.3 Å². The Balaban J connectivity index is 2.20. The van der Waals surface area contributed by atoms with Gasteiger partial charge in [-0.05, 0) is 52.2 Å². The van der Waals surface area contributed by atoms with Crippen molar-refractivity contribution in [1.29, 1.82) is 0 Å². The van der Waals surface area contributed by atoms with E-state index in [-0.39, 0.29) is 30.9 Å². The van der Waals surface area contributed by atoms with Gasteiger partial charge in [0.25, 0.3) is 0 Å². The number of ether oxygens (including phenoxy) is 1. The maximum Gasteiger partial charge on any atom is 0.355 e. The summed E-state index contributed by atoms with van der Waals surface area (Å²) in [7, 11) is 1.75. The molecule has 1 aromatic carbocycles. The molecule has 0 bridgehead atoms. The highest BCUT2D eigenvalue weighted by Gasteiger charge is 2.28.